The standard InChI is InChI=1S/C30H28F4N4O3/c1-29(18-25(30(32,33)34)41-27(37-29)36-26(39)21-5-3-2-4-6-21)23-17-22(11-12-24(23)31)35-28(40)38-15-13-20(14-16-38)10-9-19-7-8-19/h2-6,11-13,17,19,25H,7-8,14-16,18H2,1H3,(H,35,40)(H,36,37,39)/t25-,29-/m0/s1. The largest absolute Gasteiger partial charge is 0.452 e. The molecule has 2 aliphatic heterocycles. The molecule has 2 N–H and O–H groups in total. The number of hydrogen-bond acceptors (Lipinski definition) is 4. The van der Waals surface area contributed by atoms with Crippen molar-refractivity contribution < 1.29 is 31.9 Å². The van der Waals surface area contributed by atoms with E-state index in [9.17, 15) is 22.8 Å². The van der Waals surface area contributed by atoms with E-state index in [1.807, 2.05) is 6.08 Å². The van der Waals surface area contributed by atoms with E-state index in [1.165, 1.54) is 31.2 Å². The fraction of sp³-hybridized carbons (Fsp3) is 0.367. The number of alkyl halides is 3. The van der Waals surface area contributed by atoms with Gasteiger partial charge >= 0.3 is 12.2 Å². The second-order valence-electron chi connectivity index (χ2n) is 10.5. The smallest absolute Gasteiger partial charge is 0.425 e. The first-order valence-corrected chi connectivity index (χ1v) is 13.3. The molecule has 0 saturated heterocycles. The molecule has 1 fully saturated rings. The lowest BCUT2D eigenvalue weighted by Gasteiger charge is -2.37. The Morgan fingerprint density at radius 3 is 2.54 bits per heavy atom. The van der Waals surface area contributed by atoms with Crippen LogP contribution in [0.1, 0.15) is 48.5 Å². The van der Waals surface area contributed by atoms with Crippen molar-refractivity contribution in [3.05, 3.63) is 77.1 Å². The number of anilines is 1. The normalized spacial score (nSPS) is 22.4. The summed E-state index contributed by atoms with van der Waals surface area (Å²) in [6.07, 6.45) is -3.13. The van der Waals surface area contributed by atoms with E-state index in [4.69, 9.17) is 4.74 Å². The van der Waals surface area contributed by atoms with Crippen LogP contribution in [0.5, 0.6) is 0 Å². The minimum absolute atomic E-state index is 0.181. The lowest BCUT2D eigenvalue weighted by Crippen LogP contribution is -2.48. The van der Waals surface area contributed by atoms with Crippen LogP contribution in [0, 0.1) is 23.6 Å². The zero-order valence-corrected chi connectivity index (χ0v) is 22.2. The third-order valence-corrected chi connectivity index (χ3v) is 7.12. The van der Waals surface area contributed by atoms with Crippen molar-refractivity contribution in [3.8, 4) is 11.8 Å². The number of amidine groups is 1. The van der Waals surface area contributed by atoms with Gasteiger partial charge in [-0.1, -0.05) is 36.1 Å². The lowest BCUT2D eigenvalue weighted by molar-refractivity contribution is -0.208. The molecular formula is C30H28F4N4O3. The summed E-state index contributed by atoms with van der Waals surface area (Å²) in [5.74, 6) is 5.31. The van der Waals surface area contributed by atoms with Crippen LogP contribution in [0.3, 0.4) is 0 Å². The van der Waals surface area contributed by atoms with E-state index < -0.39 is 48.0 Å². The summed E-state index contributed by atoms with van der Waals surface area (Å²) in [7, 11) is 0. The average Bonchev–Trinajstić information content (AvgIpc) is 3.77. The molecule has 0 radical (unpaired) electrons. The Morgan fingerprint density at radius 1 is 1.12 bits per heavy atom. The van der Waals surface area contributed by atoms with Gasteiger partial charge in [0, 0.05) is 47.8 Å². The third-order valence-electron chi connectivity index (χ3n) is 7.12. The van der Waals surface area contributed by atoms with E-state index in [-0.39, 0.29) is 16.8 Å². The Morgan fingerprint density at radius 2 is 1.88 bits per heavy atom. The highest BCUT2D eigenvalue weighted by Crippen LogP contribution is 2.41. The maximum Gasteiger partial charge on any atom is 0.425 e. The van der Waals surface area contributed by atoms with Crippen molar-refractivity contribution in [1.82, 2.24) is 10.2 Å². The Hall–Kier alpha value is -4.33. The molecule has 0 bridgehead atoms. The molecule has 2 aromatic carbocycles. The first-order valence-electron chi connectivity index (χ1n) is 13.3. The Labute approximate surface area is 234 Å². The van der Waals surface area contributed by atoms with Crippen LogP contribution in [0.4, 0.5) is 28.0 Å². The SMILES string of the molecule is C[C@@]1(c2cc(NC(=O)N3CC=C(C#CC4CC4)CC3)ccc2F)C[C@@H](C(F)(F)F)OC(NC(=O)c2ccccc2)=N1. The highest BCUT2D eigenvalue weighted by molar-refractivity contribution is 6.04. The molecule has 2 atom stereocenters. The van der Waals surface area contributed by atoms with Gasteiger partial charge in [0.15, 0.2) is 6.10 Å². The molecular weight excluding hydrogens is 540 g/mol. The van der Waals surface area contributed by atoms with Gasteiger partial charge in [-0.3, -0.25) is 10.1 Å². The van der Waals surface area contributed by atoms with Crippen LogP contribution >= 0.6 is 0 Å². The average molecular weight is 569 g/mol. The summed E-state index contributed by atoms with van der Waals surface area (Å²) in [6, 6.07) is 10.4. The minimum atomic E-state index is -4.81. The molecule has 2 aromatic rings. The van der Waals surface area contributed by atoms with Crippen molar-refractivity contribution in [1.29, 1.82) is 0 Å². The number of ether oxygens (including phenoxy) is 1. The van der Waals surface area contributed by atoms with Crippen LogP contribution in [-0.2, 0) is 10.3 Å². The van der Waals surface area contributed by atoms with Gasteiger partial charge in [0.05, 0.1) is 5.54 Å². The first-order chi connectivity index (χ1) is 19.5. The second-order valence-corrected chi connectivity index (χ2v) is 10.5. The van der Waals surface area contributed by atoms with E-state index in [1.54, 1.807) is 23.1 Å². The summed E-state index contributed by atoms with van der Waals surface area (Å²) >= 11 is 0. The van der Waals surface area contributed by atoms with Crippen molar-refractivity contribution in [2.75, 3.05) is 18.4 Å². The predicted molar refractivity (Wildman–Crippen MR) is 144 cm³/mol. The number of urea groups is 1. The molecule has 2 heterocycles. The Kier molecular flexibility index (Phi) is 7.76. The molecule has 3 aliphatic rings. The van der Waals surface area contributed by atoms with E-state index in [2.05, 4.69) is 27.5 Å². The topological polar surface area (TPSA) is 83.0 Å². The minimum Gasteiger partial charge on any atom is -0.452 e. The zero-order chi connectivity index (χ0) is 29.2. The number of amides is 3. The Balaban J connectivity index is 1.35. The lowest BCUT2D eigenvalue weighted by atomic mass is 9.85. The number of carbonyl (C=O) groups excluding carboxylic acids is 2. The Bertz CT molecular complexity index is 1460. The molecule has 0 unspecified atom stereocenters. The van der Waals surface area contributed by atoms with Gasteiger partial charge in [0.1, 0.15) is 5.82 Å². The van der Waals surface area contributed by atoms with Crippen molar-refractivity contribution in [2.45, 2.75) is 50.4 Å². The van der Waals surface area contributed by atoms with Gasteiger partial charge in [0.2, 0.25) is 0 Å². The number of carbonyl (C=O) groups is 2. The van der Waals surface area contributed by atoms with Crippen LogP contribution < -0.4 is 10.6 Å². The molecule has 0 aromatic heterocycles. The second kappa shape index (κ2) is 11.3. The summed E-state index contributed by atoms with van der Waals surface area (Å²) in [6.45, 7) is 2.13. The zero-order valence-electron chi connectivity index (χ0n) is 22.2. The first kappa shape index (κ1) is 28.2. The molecule has 5 rings (SSSR count). The summed E-state index contributed by atoms with van der Waals surface area (Å²) in [4.78, 5) is 31.3. The number of hydrogen-bond donors (Lipinski definition) is 2. The van der Waals surface area contributed by atoms with Crippen molar-refractivity contribution in [3.63, 3.8) is 0 Å². The van der Waals surface area contributed by atoms with Crippen molar-refractivity contribution >= 4 is 23.6 Å². The number of nitrogens with zero attached hydrogens (tertiary/aromatic N) is 2. The van der Waals surface area contributed by atoms with E-state index in [0.29, 0.717) is 25.4 Å². The van der Waals surface area contributed by atoms with Gasteiger partial charge in [-0.05, 0) is 56.5 Å². The molecule has 11 heteroatoms. The van der Waals surface area contributed by atoms with Gasteiger partial charge in [-0.15, -0.1) is 0 Å². The number of rotatable bonds is 3. The van der Waals surface area contributed by atoms with Gasteiger partial charge in [0.25, 0.3) is 11.9 Å². The quantitative estimate of drug-likeness (QED) is 0.365. The molecule has 41 heavy (non-hydrogen) atoms. The molecule has 1 saturated carbocycles. The van der Waals surface area contributed by atoms with Crippen LogP contribution in [0.25, 0.3) is 0 Å². The maximum atomic E-state index is 15.1. The van der Waals surface area contributed by atoms with Crippen molar-refractivity contribution in [2.24, 2.45) is 10.9 Å². The summed E-state index contributed by atoms with van der Waals surface area (Å²) in [5, 5.41) is 4.97. The fourth-order valence-electron chi connectivity index (χ4n) is 4.61. The molecule has 214 valence electrons. The van der Waals surface area contributed by atoms with Crippen LogP contribution in [0.2, 0.25) is 0 Å². The van der Waals surface area contributed by atoms with Crippen LogP contribution in [0.15, 0.2) is 65.2 Å². The number of halogens is 4. The third kappa shape index (κ3) is 6.88. The predicted octanol–water partition coefficient (Wildman–Crippen LogP) is 5.76. The molecule has 3 amide bonds. The monoisotopic (exact) mass is 568 g/mol. The number of aliphatic imine (C=N–C) groups is 1. The summed E-state index contributed by atoms with van der Waals surface area (Å²) < 4.78 is 61.7. The van der Waals surface area contributed by atoms with Crippen LogP contribution in [-0.4, -0.2) is 48.2 Å². The van der Waals surface area contributed by atoms with Gasteiger partial charge < -0.3 is 15.0 Å². The highest BCUT2D eigenvalue weighted by atomic mass is 19.4. The van der Waals surface area contributed by atoms with E-state index >= 15 is 4.39 Å². The number of benzene rings is 2. The highest BCUT2D eigenvalue weighted by Gasteiger charge is 2.50. The maximum absolute atomic E-state index is 15.1. The molecule has 1 aliphatic carbocycles. The fourth-order valence-corrected chi connectivity index (χ4v) is 4.61. The summed E-state index contributed by atoms with van der Waals surface area (Å²) in [5.41, 5.74) is -0.595. The van der Waals surface area contributed by atoms with Gasteiger partial charge in [-0.25, -0.2) is 14.2 Å². The number of nitrogens with one attached hydrogen (secondary N) is 2. The van der Waals surface area contributed by atoms with Gasteiger partial charge in [-0.2, -0.15) is 13.2 Å². The molecule has 0 spiro atoms. The van der Waals surface area contributed by atoms with E-state index in [0.717, 1.165) is 24.5 Å². The molecule has 7 nitrogen and oxygen atoms in total.